The van der Waals surface area contributed by atoms with Crippen molar-refractivity contribution < 1.29 is 32.7 Å². The van der Waals surface area contributed by atoms with Crippen LogP contribution in [0.15, 0.2) is 24.3 Å². The topological polar surface area (TPSA) is 0 Å². The van der Waals surface area contributed by atoms with E-state index in [-0.39, 0.29) is 32.7 Å². The molecule has 0 fully saturated rings. The molecule has 11 heavy (non-hydrogen) atoms. The molecule has 57 valence electrons. The number of benzene rings is 1. The summed E-state index contributed by atoms with van der Waals surface area (Å²) >= 11 is 0. The van der Waals surface area contributed by atoms with Gasteiger partial charge >= 0.3 is 0 Å². The Labute approximate surface area is 94.3 Å². The van der Waals surface area contributed by atoms with Crippen LogP contribution in [0, 0.1) is 6.92 Å². The molecule has 0 N–H and O–H groups in total. The van der Waals surface area contributed by atoms with E-state index in [2.05, 4.69) is 38.1 Å². The Morgan fingerprint density at radius 2 is 1.55 bits per heavy atom. The molecule has 0 heterocycles. The molecule has 1 rings (SSSR count). The molecule has 0 unspecified atom stereocenters. The molecular weight excluding hydrogens is 209 g/mol. The van der Waals surface area contributed by atoms with E-state index in [1.54, 1.807) is 0 Å². The molecule has 0 amide bonds. The van der Waals surface area contributed by atoms with Gasteiger partial charge in [0.1, 0.15) is 0 Å². The normalized spacial score (nSPS) is 8.91. The Bertz CT molecular complexity index is 166. The molecule has 1 aromatic carbocycles. The summed E-state index contributed by atoms with van der Waals surface area (Å²) in [5, 5.41) is 0. The van der Waals surface area contributed by atoms with Crippen molar-refractivity contribution >= 4 is 0 Å². The first-order valence-corrected chi connectivity index (χ1v) is 3.74. The van der Waals surface area contributed by atoms with E-state index < -0.39 is 0 Å². The van der Waals surface area contributed by atoms with Gasteiger partial charge in [0.15, 0.2) is 0 Å². The maximum absolute atomic E-state index is 3.81. The van der Waals surface area contributed by atoms with Crippen LogP contribution < -0.4 is 0 Å². The van der Waals surface area contributed by atoms with E-state index in [0.717, 1.165) is 12.8 Å². The minimum atomic E-state index is 0. The largest absolute Gasteiger partial charge is 0.339 e. The molecule has 1 radical (unpaired) electrons. The van der Waals surface area contributed by atoms with Crippen LogP contribution >= 0.6 is 0 Å². The number of rotatable bonds is 2. The molecule has 0 bridgehead atoms. The third-order valence-corrected chi connectivity index (χ3v) is 1.72. The van der Waals surface area contributed by atoms with Crippen LogP contribution in [-0.2, 0) is 45.6 Å². The summed E-state index contributed by atoms with van der Waals surface area (Å²) in [5.41, 5.74) is 2.72. The summed E-state index contributed by atoms with van der Waals surface area (Å²) in [6.07, 6.45) is 2.02. The predicted octanol–water partition coefficient (Wildman–Crippen LogP) is 2.62. The van der Waals surface area contributed by atoms with E-state index in [1.807, 2.05) is 0 Å². The second-order valence-corrected chi connectivity index (χ2v) is 2.42. The van der Waals surface area contributed by atoms with Gasteiger partial charge in [-0.05, 0) is 12.0 Å². The van der Waals surface area contributed by atoms with Crippen LogP contribution in [0.4, 0.5) is 0 Å². The van der Waals surface area contributed by atoms with E-state index >= 15 is 0 Å². The van der Waals surface area contributed by atoms with E-state index in [9.17, 15) is 0 Å². The summed E-state index contributed by atoms with van der Waals surface area (Å²) in [6.45, 7) is 5.98. The second-order valence-electron chi connectivity index (χ2n) is 2.42. The zero-order valence-electron chi connectivity index (χ0n) is 7.01. The fourth-order valence-corrected chi connectivity index (χ4v) is 0.942. The fourth-order valence-electron chi connectivity index (χ4n) is 0.942. The molecule has 0 nitrogen and oxygen atoms in total. The van der Waals surface area contributed by atoms with E-state index in [4.69, 9.17) is 0 Å². The SMILES string of the molecule is [CH2-]Cc1ccc(CC)cc1.[Y]. The number of hydrogen-bond acceptors (Lipinski definition) is 0. The molecule has 1 aromatic rings. The van der Waals surface area contributed by atoms with Gasteiger partial charge in [0.05, 0.1) is 0 Å². The Balaban J connectivity index is 0.000001000. The molecule has 0 aliphatic rings. The summed E-state index contributed by atoms with van der Waals surface area (Å²) in [4.78, 5) is 0. The third kappa shape index (κ3) is 3.49. The Morgan fingerprint density at radius 3 is 1.91 bits per heavy atom. The van der Waals surface area contributed by atoms with Crippen molar-refractivity contribution in [3.63, 3.8) is 0 Å². The first kappa shape index (κ1) is 11.3. The maximum Gasteiger partial charge on any atom is 0 e. The molecule has 0 saturated heterocycles. The van der Waals surface area contributed by atoms with Crippen LogP contribution in [0.25, 0.3) is 0 Å². The van der Waals surface area contributed by atoms with Crippen LogP contribution in [0.3, 0.4) is 0 Å². The van der Waals surface area contributed by atoms with Gasteiger partial charge in [-0.15, -0.1) is 0 Å². The molecule has 0 aromatic heterocycles. The van der Waals surface area contributed by atoms with Crippen LogP contribution in [-0.4, -0.2) is 0 Å². The molecule has 0 atom stereocenters. The zero-order valence-corrected chi connectivity index (χ0v) is 9.85. The Hall–Kier alpha value is 0.324. The zero-order chi connectivity index (χ0) is 7.40. The predicted molar refractivity (Wildman–Crippen MR) is 44.9 cm³/mol. The third-order valence-electron chi connectivity index (χ3n) is 1.72. The molecule has 0 spiro atoms. The maximum atomic E-state index is 3.81. The van der Waals surface area contributed by atoms with Crippen LogP contribution in [0.5, 0.6) is 0 Å². The number of aryl methyl sites for hydroxylation is 1. The van der Waals surface area contributed by atoms with Gasteiger partial charge in [-0.2, -0.15) is 6.42 Å². The summed E-state index contributed by atoms with van der Waals surface area (Å²) in [6, 6.07) is 8.62. The monoisotopic (exact) mass is 222 g/mol. The van der Waals surface area contributed by atoms with Gasteiger partial charge in [0.2, 0.25) is 0 Å². The van der Waals surface area contributed by atoms with Gasteiger partial charge in [-0.1, -0.05) is 36.8 Å². The standard InChI is InChI=1S/C10H13.Y/c1-3-9-5-7-10(4-2)8-6-9;/h5-8H,1,3-4H2,2H3;/q-1;. The summed E-state index contributed by atoms with van der Waals surface area (Å²) in [5.74, 6) is 0. The smallest absolute Gasteiger partial charge is 0 e. The minimum absolute atomic E-state index is 0. The van der Waals surface area contributed by atoms with Crippen molar-refractivity contribution in [2.75, 3.05) is 0 Å². The van der Waals surface area contributed by atoms with Crippen LogP contribution in [0.1, 0.15) is 18.1 Å². The molecular formula is C10H13Y-. The number of hydrogen-bond donors (Lipinski definition) is 0. The van der Waals surface area contributed by atoms with Gasteiger partial charge in [-0.25, -0.2) is 0 Å². The molecule has 0 aliphatic carbocycles. The van der Waals surface area contributed by atoms with Crippen molar-refractivity contribution in [2.24, 2.45) is 0 Å². The Kier molecular flexibility index (Phi) is 6.08. The second kappa shape index (κ2) is 5.91. The molecule has 0 aliphatic heterocycles. The van der Waals surface area contributed by atoms with Crippen molar-refractivity contribution in [3.05, 3.63) is 42.3 Å². The van der Waals surface area contributed by atoms with Gasteiger partial charge in [0.25, 0.3) is 0 Å². The average Bonchev–Trinajstić information content (AvgIpc) is 2.05. The minimum Gasteiger partial charge on any atom is -0.339 e. The first-order chi connectivity index (χ1) is 4.86. The van der Waals surface area contributed by atoms with Crippen molar-refractivity contribution in [1.82, 2.24) is 0 Å². The van der Waals surface area contributed by atoms with Crippen molar-refractivity contribution in [3.8, 4) is 0 Å². The summed E-state index contributed by atoms with van der Waals surface area (Å²) in [7, 11) is 0. The van der Waals surface area contributed by atoms with Crippen LogP contribution in [0.2, 0.25) is 0 Å². The van der Waals surface area contributed by atoms with E-state index in [1.165, 1.54) is 11.1 Å². The van der Waals surface area contributed by atoms with Crippen molar-refractivity contribution in [2.45, 2.75) is 19.8 Å². The summed E-state index contributed by atoms with van der Waals surface area (Å²) < 4.78 is 0. The quantitative estimate of drug-likeness (QED) is 0.675. The van der Waals surface area contributed by atoms with E-state index in [0.29, 0.717) is 0 Å². The van der Waals surface area contributed by atoms with Gasteiger partial charge in [-0.3, -0.25) is 0 Å². The Morgan fingerprint density at radius 1 is 1.09 bits per heavy atom. The van der Waals surface area contributed by atoms with Gasteiger partial charge < -0.3 is 6.92 Å². The average molecular weight is 222 g/mol. The molecule has 1 heteroatoms. The molecule has 0 saturated carbocycles. The fraction of sp³-hybridized carbons (Fsp3) is 0.300. The van der Waals surface area contributed by atoms with Gasteiger partial charge in [0, 0.05) is 32.7 Å². The van der Waals surface area contributed by atoms with Crippen molar-refractivity contribution in [1.29, 1.82) is 0 Å². The first-order valence-electron chi connectivity index (χ1n) is 3.74.